The van der Waals surface area contributed by atoms with Gasteiger partial charge in [0, 0.05) is 0 Å². The fourth-order valence-electron chi connectivity index (χ4n) is 5.10. The summed E-state index contributed by atoms with van der Waals surface area (Å²) in [5, 5.41) is 15.3. The van der Waals surface area contributed by atoms with E-state index in [-0.39, 0.29) is 11.2 Å². The molecule has 0 aromatic carbocycles. The average molecular weight is 263 g/mol. The number of aromatic carboxylic acids is 1. The van der Waals surface area contributed by atoms with E-state index in [1.165, 1.54) is 23.9 Å². The minimum atomic E-state index is -1.25. The molecule has 1 heterocycles. The Balaban J connectivity index is 1.80. The lowest BCUT2D eigenvalue weighted by molar-refractivity contribution is -0.0518. The Morgan fingerprint density at radius 1 is 1.21 bits per heavy atom. The summed E-state index contributed by atoms with van der Waals surface area (Å²) in [6, 6.07) is 0. The molecule has 6 heteroatoms. The number of H-pyrrole nitrogens is 1. The van der Waals surface area contributed by atoms with Crippen molar-refractivity contribution in [3.05, 3.63) is 16.0 Å². The summed E-state index contributed by atoms with van der Waals surface area (Å²) in [5.74, 6) is 0.865. The number of hydrogen-bond donors (Lipinski definition) is 2. The van der Waals surface area contributed by atoms with Crippen LogP contribution >= 0.6 is 0 Å². The molecule has 0 saturated heterocycles. The lowest BCUT2D eigenvalue weighted by Gasteiger charge is -2.56. The van der Waals surface area contributed by atoms with E-state index in [4.69, 9.17) is 5.11 Å². The fraction of sp³-hybridized carbons (Fsp3) is 0.769. The molecule has 4 bridgehead atoms. The average Bonchev–Trinajstić information content (AvgIpc) is 2.69. The number of aromatic amines is 1. The van der Waals surface area contributed by atoms with Gasteiger partial charge in [-0.25, -0.2) is 14.7 Å². The summed E-state index contributed by atoms with van der Waals surface area (Å²) in [6.07, 6.45) is 6.86. The maximum Gasteiger partial charge on any atom is 0.362 e. The lowest BCUT2D eigenvalue weighted by Crippen LogP contribution is -2.54. The summed E-state index contributed by atoms with van der Waals surface area (Å²) in [5.41, 5.74) is -1.03. The van der Waals surface area contributed by atoms with Gasteiger partial charge in [0.25, 0.3) is 0 Å². The first-order valence-corrected chi connectivity index (χ1v) is 6.98. The highest BCUT2D eigenvalue weighted by atomic mass is 16.4. The molecule has 4 saturated carbocycles. The zero-order chi connectivity index (χ0) is 13.2. The molecule has 19 heavy (non-hydrogen) atoms. The van der Waals surface area contributed by atoms with Crippen LogP contribution < -0.4 is 5.56 Å². The first-order chi connectivity index (χ1) is 9.07. The quantitative estimate of drug-likeness (QED) is 0.839. The second-order valence-corrected chi connectivity index (χ2v) is 6.65. The molecule has 0 amide bonds. The minimum Gasteiger partial charge on any atom is -0.476 e. The van der Waals surface area contributed by atoms with Crippen molar-refractivity contribution in [1.82, 2.24) is 15.0 Å². The van der Waals surface area contributed by atoms with Gasteiger partial charge < -0.3 is 5.11 Å². The van der Waals surface area contributed by atoms with Crippen molar-refractivity contribution in [2.45, 2.75) is 44.1 Å². The number of rotatable bonds is 2. The Morgan fingerprint density at radius 3 is 2.16 bits per heavy atom. The number of carboxylic acids is 1. The summed E-state index contributed by atoms with van der Waals surface area (Å²) in [4.78, 5) is 23.2. The van der Waals surface area contributed by atoms with E-state index in [1.54, 1.807) is 0 Å². The van der Waals surface area contributed by atoms with Gasteiger partial charge in [-0.05, 0) is 56.3 Å². The van der Waals surface area contributed by atoms with Crippen LogP contribution in [0.4, 0.5) is 0 Å². The Labute approximate surface area is 109 Å². The van der Waals surface area contributed by atoms with Crippen molar-refractivity contribution >= 4 is 5.97 Å². The SMILES string of the molecule is O=C(O)c1n[nH]n(C23CC4CC(CC(C4)C2)C3)c1=O. The molecule has 0 unspecified atom stereocenters. The molecule has 4 aliphatic rings. The highest BCUT2D eigenvalue weighted by Crippen LogP contribution is 2.58. The van der Waals surface area contributed by atoms with Gasteiger partial charge in [0.05, 0.1) is 5.54 Å². The molecule has 6 nitrogen and oxygen atoms in total. The largest absolute Gasteiger partial charge is 0.476 e. The molecular formula is C13H17N3O3. The third kappa shape index (κ3) is 1.45. The molecule has 0 atom stereocenters. The van der Waals surface area contributed by atoms with Crippen LogP contribution in [0.1, 0.15) is 49.0 Å². The maximum absolute atomic E-state index is 12.2. The summed E-state index contributed by atoms with van der Waals surface area (Å²) in [6.45, 7) is 0. The number of carbonyl (C=O) groups is 1. The van der Waals surface area contributed by atoms with Crippen LogP contribution in [0, 0.1) is 17.8 Å². The Bertz CT molecular complexity index is 565. The second-order valence-electron chi connectivity index (χ2n) is 6.65. The van der Waals surface area contributed by atoms with Crippen LogP contribution in [0.5, 0.6) is 0 Å². The van der Waals surface area contributed by atoms with Crippen molar-refractivity contribution < 1.29 is 9.90 Å². The third-order valence-corrected chi connectivity index (χ3v) is 5.35. The van der Waals surface area contributed by atoms with E-state index < -0.39 is 11.5 Å². The van der Waals surface area contributed by atoms with Crippen LogP contribution in [0.25, 0.3) is 0 Å². The van der Waals surface area contributed by atoms with Crippen molar-refractivity contribution in [2.24, 2.45) is 17.8 Å². The number of aromatic nitrogens is 3. The van der Waals surface area contributed by atoms with Crippen LogP contribution in [0.2, 0.25) is 0 Å². The minimum absolute atomic E-state index is 0.188. The van der Waals surface area contributed by atoms with E-state index in [0.29, 0.717) is 17.8 Å². The molecule has 4 fully saturated rings. The van der Waals surface area contributed by atoms with E-state index in [2.05, 4.69) is 10.3 Å². The first-order valence-electron chi connectivity index (χ1n) is 6.98. The van der Waals surface area contributed by atoms with Gasteiger partial charge in [-0.15, -0.1) is 5.10 Å². The topological polar surface area (TPSA) is 88.0 Å². The number of hydrogen-bond acceptors (Lipinski definition) is 3. The normalized spacial score (nSPS) is 39.7. The Kier molecular flexibility index (Phi) is 2.07. The molecular weight excluding hydrogens is 246 g/mol. The maximum atomic E-state index is 12.2. The van der Waals surface area contributed by atoms with E-state index in [1.807, 2.05) is 0 Å². The summed E-state index contributed by atoms with van der Waals surface area (Å²) < 4.78 is 1.53. The Hall–Kier alpha value is -1.59. The monoisotopic (exact) mass is 263 g/mol. The smallest absolute Gasteiger partial charge is 0.362 e. The van der Waals surface area contributed by atoms with Crippen LogP contribution in [-0.2, 0) is 5.54 Å². The zero-order valence-electron chi connectivity index (χ0n) is 10.6. The van der Waals surface area contributed by atoms with Gasteiger partial charge in [0.2, 0.25) is 5.69 Å². The molecule has 0 radical (unpaired) electrons. The molecule has 0 spiro atoms. The first kappa shape index (κ1) is 11.3. The molecule has 1 aromatic heterocycles. The van der Waals surface area contributed by atoms with Crippen LogP contribution in [-0.4, -0.2) is 26.1 Å². The summed E-state index contributed by atoms with van der Waals surface area (Å²) in [7, 11) is 0. The third-order valence-electron chi connectivity index (χ3n) is 5.35. The Morgan fingerprint density at radius 2 is 1.74 bits per heavy atom. The molecule has 102 valence electrons. The predicted molar refractivity (Wildman–Crippen MR) is 66.0 cm³/mol. The van der Waals surface area contributed by atoms with Crippen molar-refractivity contribution in [1.29, 1.82) is 0 Å². The molecule has 5 rings (SSSR count). The van der Waals surface area contributed by atoms with Gasteiger partial charge in [0.15, 0.2) is 0 Å². The van der Waals surface area contributed by atoms with Crippen molar-refractivity contribution in [2.75, 3.05) is 0 Å². The van der Waals surface area contributed by atoms with Gasteiger partial charge in [-0.3, -0.25) is 4.79 Å². The summed E-state index contributed by atoms with van der Waals surface area (Å²) >= 11 is 0. The van der Waals surface area contributed by atoms with Crippen LogP contribution in [0.3, 0.4) is 0 Å². The molecule has 0 aliphatic heterocycles. The van der Waals surface area contributed by atoms with E-state index in [9.17, 15) is 9.59 Å². The highest BCUT2D eigenvalue weighted by Gasteiger charge is 2.53. The number of nitrogens with zero attached hydrogens (tertiary/aromatic N) is 2. The van der Waals surface area contributed by atoms with Gasteiger partial charge in [-0.1, -0.05) is 0 Å². The van der Waals surface area contributed by atoms with Crippen LogP contribution in [0.15, 0.2) is 4.79 Å². The van der Waals surface area contributed by atoms with Crippen molar-refractivity contribution in [3.8, 4) is 0 Å². The van der Waals surface area contributed by atoms with E-state index in [0.717, 1.165) is 19.3 Å². The second kappa shape index (κ2) is 3.49. The van der Waals surface area contributed by atoms with Gasteiger partial charge in [-0.2, -0.15) is 0 Å². The molecule has 1 aromatic rings. The van der Waals surface area contributed by atoms with E-state index >= 15 is 0 Å². The number of nitrogens with one attached hydrogen (secondary N) is 1. The predicted octanol–water partition coefficient (Wildman–Crippen LogP) is 1.19. The highest BCUT2D eigenvalue weighted by molar-refractivity contribution is 5.84. The lowest BCUT2D eigenvalue weighted by atomic mass is 9.53. The number of carboxylic acid groups (broad SMARTS) is 1. The molecule has 2 N–H and O–H groups in total. The van der Waals surface area contributed by atoms with Gasteiger partial charge in [0.1, 0.15) is 0 Å². The standard InChI is InChI=1S/C13H17N3O3/c17-11-10(12(18)19)14-15-16(11)13-4-7-1-8(5-13)3-9(2-7)6-13/h7-9,15H,1-6H2,(H,18,19). The zero-order valence-corrected chi connectivity index (χ0v) is 10.6. The van der Waals surface area contributed by atoms with Gasteiger partial charge >= 0.3 is 11.5 Å². The van der Waals surface area contributed by atoms with Crippen molar-refractivity contribution in [3.63, 3.8) is 0 Å². The fourth-order valence-corrected chi connectivity index (χ4v) is 5.10. The molecule has 4 aliphatic carbocycles.